The quantitative estimate of drug-likeness (QED) is 0.510. The molecule has 5 nitrogen and oxygen atoms in total. The van der Waals surface area contributed by atoms with E-state index in [0.29, 0.717) is 12.3 Å². The number of nitrogens with two attached hydrogens (primary N) is 1. The standard InChI is InChI=1S/C17H27N3O2/c1-6-14(16(21)19-18)20-15-9-12(22-5)7-8-13(15)11(2)10-17(20,3)4/h7-9,11,14H,6,10,18H2,1-5H3,(H,19,21)/t11-,14+/m1/s1. The minimum absolute atomic E-state index is 0.133. The highest BCUT2D eigenvalue weighted by molar-refractivity contribution is 5.86. The summed E-state index contributed by atoms with van der Waals surface area (Å²) in [6.45, 7) is 8.60. The predicted molar refractivity (Wildman–Crippen MR) is 89.0 cm³/mol. The van der Waals surface area contributed by atoms with Crippen molar-refractivity contribution in [2.24, 2.45) is 5.84 Å². The van der Waals surface area contributed by atoms with Gasteiger partial charge in [-0.1, -0.05) is 19.9 Å². The molecule has 122 valence electrons. The number of hydrazine groups is 1. The van der Waals surface area contributed by atoms with Gasteiger partial charge in [0, 0.05) is 17.3 Å². The molecular weight excluding hydrogens is 278 g/mol. The molecule has 2 rings (SSSR count). The first-order valence-corrected chi connectivity index (χ1v) is 7.83. The number of carbonyl (C=O) groups excluding carboxylic acids is 1. The van der Waals surface area contributed by atoms with Gasteiger partial charge in [0.25, 0.3) is 5.91 Å². The molecule has 0 saturated carbocycles. The molecule has 0 unspecified atom stereocenters. The topological polar surface area (TPSA) is 67.6 Å². The Hall–Kier alpha value is -1.75. The van der Waals surface area contributed by atoms with E-state index in [9.17, 15) is 4.79 Å². The third kappa shape index (κ3) is 2.77. The number of hydrogen-bond donors (Lipinski definition) is 2. The van der Waals surface area contributed by atoms with Crippen molar-refractivity contribution in [3.8, 4) is 5.75 Å². The van der Waals surface area contributed by atoms with Crippen molar-refractivity contribution in [1.29, 1.82) is 0 Å². The van der Waals surface area contributed by atoms with Crippen LogP contribution in [0.4, 0.5) is 5.69 Å². The summed E-state index contributed by atoms with van der Waals surface area (Å²) in [7, 11) is 1.66. The zero-order chi connectivity index (χ0) is 16.5. The second kappa shape index (κ2) is 6.16. The van der Waals surface area contributed by atoms with E-state index >= 15 is 0 Å². The van der Waals surface area contributed by atoms with Crippen LogP contribution in [0.15, 0.2) is 18.2 Å². The minimum atomic E-state index is -0.293. The van der Waals surface area contributed by atoms with Crippen molar-refractivity contribution in [3.63, 3.8) is 0 Å². The molecule has 0 fully saturated rings. The third-order valence-electron chi connectivity index (χ3n) is 4.63. The van der Waals surface area contributed by atoms with Crippen LogP contribution in [0.5, 0.6) is 5.75 Å². The molecule has 1 aliphatic rings. The fourth-order valence-corrected chi connectivity index (χ4v) is 3.73. The van der Waals surface area contributed by atoms with Gasteiger partial charge in [0.15, 0.2) is 0 Å². The molecule has 2 atom stereocenters. The molecule has 0 aromatic heterocycles. The van der Waals surface area contributed by atoms with Crippen molar-refractivity contribution >= 4 is 11.6 Å². The molecule has 0 bridgehead atoms. The number of nitrogens with one attached hydrogen (secondary N) is 1. The maximum atomic E-state index is 12.3. The lowest BCUT2D eigenvalue weighted by Gasteiger charge is -2.50. The predicted octanol–water partition coefficient (Wildman–Crippen LogP) is 2.56. The van der Waals surface area contributed by atoms with Gasteiger partial charge in [0.05, 0.1) is 7.11 Å². The van der Waals surface area contributed by atoms with Crippen LogP contribution >= 0.6 is 0 Å². The van der Waals surface area contributed by atoms with Gasteiger partial charge in [0.1, 0.15) is 11.8 Å². The third-order valence-corrected chi connectivity index (χ3v) is 4.63. The van der Waals surface area contributed by atoms with E-state index in [2.05, 4.69) is 37.2 Å². The number of benzene rings is 1. The first kappa shape index (κ1) is 16.6. The van der Waals surface area contributed by atoms with Crippen LogP contribution in [-0.2, 0) is 4.79 Å². The van der Waals surface area contributed by atoms with Crippen molar-refractivity contribution in [3.05, 3.63) is 23.8 Å². The molecule has 1 amide bonds. The van der Waals surface area contributed by atoms with Crippen LogP contribution in [0.2, 0.25) is 0 Å². The van der Waals surface area contributed by atoms with Crippen LogP contribution in [0.25, 0.3) is 0 Å². The summed E-state index contributed by atoms with van der Waals surface area (Å²) >= 11 is 0. The van der Waals surface area contributed by atoms with Gasteiger partial charge >= 0.3 is 0 Å². The van der Waals surface area contributed by atoms with Crippen LogP contribution in [0.1, 0.15) is 52.0 Å². The van der Waals surface area contributed by atoms with Crippen molar-refractivity contribution in [2.75, 3.05) is 12.0 Å². The Morgan fingerprint density at radius 3 is 2.77 bits per heavy atom. The number of fused-ring (bicyclic) bond motifs is 1. The molecule has 3 N–H and O–H groups in total. The Bertz CT molecular complexity index is 557. The Morgan fingerprint density at radius 1 is 1.55 bits per heavy atom. The summed E-state index contributed by atoms with van der Waals surface area (Å²) in [5, 5.41) is 0. The summed E-state index contributed by atoms with van der Waals surface area (Å²) in [6, 6.07) is 5.82. The Labute approximate surface area is 132 Å². The highest BCUT2D eigenvalue weighted by Crippen LogP contribution is 2.46. The van der Waals surface area contributed by atoms with Gasteiger partial charge in [-0.3, -0.25) is 10.2 Å². The number of rotatable bonds is 4. The highest BCUT2D eigenvalue weighted by atomic mass is 16.5. The summed E-state index contributed by atoms with van der Waals surface area (Å²) in [6.07, 6.45) is 1.68. The zero-order valence-electron chi connectivity index (χ0n) is 14.1. The molecular formula is C17H27N3O2. The number of hydrogen-bond acceptors (Lipinski definition) is 4. The first-order valence-electron chi connectivity index (χ1n) is 7.83. The molecule has 0 saturated heterocycles. The number of nitrogens with zero attached hydrogens (tertiary/aromatic N) is 1. The molecule has 1 heterocycles. The summed E-state index contributed by atoms with van der Waals surface area (Å²) < 4.78 is 5.38. The van der Waals surface area contributed by atoms with E-state index in [0.717, 1.165) is 17.9 Å². The smallest absolute Gasteiger partial charge is 0.256 e. The lowest BCUT2D eigenvalue weighted by atomic mass is 9.78. The normalized spacial score (nSPS) is 21.0. The van der Waals surface area contributed by atoms with Crippen LogP contribution < -0.4 is 20.9 Å². The van der Waals surface area contributed by atoms with Gasteiger partial charge in [-0.05, 0) is 44.2 Å². The van der Waals surface area contributed by atoms with Crippen molar-refractivity contribution in [2.45, 2.75) is 58.0 Å². The molecule has 22 heavy (non-hydrogen) atoms. The van der Waals surface area contributed by atoms with E-state index in [1.807, 2.05) is 19.1 Å². The Kier molecular flexibility index (Phi) is 4.66. The van der Waals surface area contributed by atoms with Gasteiger partial charge < -0.3 is 9.64 Å². The first-order chi connectivity index (χ1) is 10.4. The van der Waals surface area contributed by atoms with Gasteiger partial charge in [-0.15, -0.1) is 0 Å². The highest BCUT2D eigenvalue weighted by Gasteiger charge is 2.41. The molecule has 0 aliphatic carbocycles. The Balaban J connectivity index is 2.59. The van der Waals surface area contributed by atoms with Crippen molar-refractivity contribution < 1.29 is 9.53 Å². The van der Waals surface area contributed by atoms with E-state index in [1.54, 1.807) is 7.11 Å². The lowest BCUT2D eigenvalue weighted by Crippen LogP contribution is -2.59. The molecule has 0 radical (unpaired) electrons. The van der Waals surface area contributed by atoms with E-state index in [-0.39, 0.29) is 17.5 Å². The molecule has 5 heteroatoms. The number of carbonyl (C=O) groups is 1. The van der Waals surface area contributed by atoms with Crippen LogP contribution in [0.3, 0.4) is 0 Å². The average molecular weight is 305 g/mol. The van der Waals surface area contributed by atoms with Crippen LogP contribution in [0, 0.1) is 0 Å². The number of ether oxygens (including phenoxy) is 1. The van der Waals surface area contributed by atoms with Gasteiger partial charge in [-0.2, -0.15) is 0 Å². The summed E-state index contributed by atoms with van der Waals surface area (Å²) in [5.74, 6) is 6.48. The SMILES string of the molecule is CC[C@@H](C(=O)NN)N1c2cc(OC)ccc2[C@H](C)CC1(C)C. The average Bonchev–Trinajstić information content (AvgIpc) is 2.49. The second-order valence-corrected chi connectivity index (χ2v) is 6.64. The van der Waals surface area contributed by atoms with E-state index < -0.39 is 0 Å². The number of amides is 1. The largest absolute Gasteiger partial charge is 0.497 e. The van der Waals surface area contributed by atoms with Gasteiger partial charge in [-0.25, -0.2) is 5.84 Å². The maximum absolute atomic E-state index is 12.3. The summed E-state index contributed by atoms with van der Waals surface area (Å²) in [5.41, 5.74) is 4.50. The minimum Gasteiger partial charge on any atom is -0.497 e. The van der Waals surface area contributed by atoms with E-state index in [4.69, 9.17) is 10.6 Å². The molecule has 0 spiro atoms. The zero-order valence-corrected chi connectivity index (χ0v) is 14.1. The van der Waals surface area contributed by atoms with Gasteiger partial charge in [0.2, 0.25) is 0 Å². The molecule has 1 aliphatic heterocycles. The van der Waals surface area contributed by atoms with Crippen LogP contribution in [-0.4, -0.2) is 24.6 Å². The monoisotopic (exact) mass is 305 g/mol. The molecule has 1 aromatic rings. The molecule has 1 aromatic carbocycles. The fourth-order valence-electron chi connectivity index (χ4n) is 3.73. The van der Waals surface area contributed by atoms with E-state index in [1.165, 1.54) is 5.56 Å². The maximum Gasteiger partial charge on any atom is 0.256 e. The number of methoxy groups -OCH3 is 1. The summed E-state index contributed by atoms with van der Waals surface area (Å²) in [4.78, 5) is 14.5. The number of anilines is 1. The van der Waals surface area contributed by atoms with Crippen molar-refractivity contribution in [1.82, 2.24) is 5.43 Å². The fraction of sp³-hybridized carbons (Fsp3) is 0.588. The Morgan fingerprint density at radius 2 is 2.23 bits per heavy atom. The second-order valence-electron chi connectivity index (χ2n) is 6.64. The lowest BCUT2D eigenvalue weighted by molar-refractivity contribution is -0.122.